The zero-order valence-corrected chi connectivity index (χ0v) is 29.6. The number of carbonyl (C=O) groups is 2. The number of ketones is 2. The number of nitrogens with zero attached hydrogens (tertiary/aromatic N) is 3. The van der Waals surface area contributed by atoms with E-state index in [-0.39, 0.29) is 47.2 Å². The van der Waals surface area contributed by atoms with Crippen LogP contribution in [0.1, 0.15) is 109 Å². The molecular formula is C44H45FN4O2. The van der Waals surface area contributed by atoms with E-state index in [4.69, 9.17) is 20.7 Å². The molecule has 260 valence electrons. The second-order valence-corrected chi connectivity index (χ2v) is 15.4. The number of benzene rings is 2. The van der Waals surface area contributed by atoms with Crippen LogP contribution in [-0.2, 0) is 23.1 Å². The van der Waals surface area contributed by atoms with Crippen molar-refractivity contribution in [2.24, 2.45) is 22.1 Å². The molecule has 4 aromatic rings. The van der Waals surface area contributed by atoms with Gasteiger partial charge in [0.1, 0.15) is 11.6 Å². The minimum absolute atomic E-state index is 0.0161. The number of hydrogen-bond donors (Lipinski definition) is 1. The SMILES string of the molecule is C=C(C)c1cccc(F)c1-c1ccc(CC2(C3CCCc4cccnc43)CC2C(=O)C2(c3ccc4c(c3)C(CN)=NC(C)CCC4=O)CC2)nc1. The van der Waals surface area contributed by atoms with Crippen LogP contribution in [0.3, 0.4) is 0 Å². The van der Waals surface area contributed by atoms with Gasteiger partial charge in [-0.15, -0.1) is 0 Å². The van der Waals surface area contributed by atoms with E-state index in [1.54, 1.807) is 12.3 Å². The molecule has 51 heavy (non-hydrogen) atoms. The van der Waals surface area contributed by atoms with E-state index < -0.39 is 5.41 Å². The number of Topliss-reactive ketones (excluding diaryl/α,β-unsaturated/α-hetero) is 2. The Morgan fingerprint density at radius 3 is 2.61 bits per heavy atom. The summed E-state index contributed by atoms with van der Waals surface area (Å²) >= 11 is 0. The molecule has 2 aromatic heterocycles. The Hall–Kier alpha value is -4.62. The number of fused-ring (bicyclic) bond motifs is 2. The summed E-state index contributed by atoms with van der Waals surface area (Å²) in [5, 5.41) is 0. The van der Waals surface area contributed by atoms with Crippen LogP contribution in [0, 0.1) is 17.2 Å². The average Bonchev–Trinajstić information content (AvgIpc) is 4.08. The first-order valence-electron chi connectivity index (χ1n) is 18.5. The fourth-order valence-electron chi connectivity index (χ4n) is 9.23. The van der Waals surface area contributed by atoms with Crippen molar-refractivity contribution in [3.05, 3.63) is 125 Å². The molecule has 4 unspecified atom stereocenters. The number of pyridine rings is 2. The Labute approximate surface area is 299 Å². The standard InChI is InChI=1S/C44H45FN4O2/c1-26(2)32-9-5-11-37(45)40(32)29-13-15-31(48-25-29)22-44(35-10-4-7-28-8-6-20-47-41(28)35)23-36(44)42(51)43(18-19-43)30-14-16-33-34(21-30)38(24-46)49-27(3)12-17-39(33)50/h5-6,8-9,11,13-16,20-21,25,27,35-36H,1,4,7,10,12,17-19,22-24,46H2,2-3H3. The van der Waals surface area contributed by atoms with E-state index in [2.05, 4.69) is 12.6 Å². The molecule has 2 saturated carbocycles. The first-order chi connectivity index (χ1) is 24.6. The van der Waals surface area contributed by atoms with Crippen LogP contribution in [-0.4, -0.2) is 39.8 Å². The molecule has 6 nitrogen and oxygen atoms in total. The van der Waals surface area contributed by atoms with Crippen molar-refractivity contribution in [2.75, 3.05) is 6.54 Å². The molecule has 3 heterocycles. The van der Waals surface area contributed by atoms with Crippen molar-refractivity contribution in [1.82, 2.24) is 9.97 Å². The van der Waals surface area contributed by atoms with Gasteiger partial charge < -0.3 is 5.73 Å². The summed E-state index contributed by atoms with van der Waals surface area (Å²) in [5.74, 6) is 0.0883. The largest absolute Gasteiger partial charge is 0.325 e. The first kappa shape index (κ1) is 33.5. The minimum Gasteiger partial charge on any atom is -0.325 e. The molecule has 0 amide bonds. The van der Waals surface area contributed by atoms with E-state index in [1.165, 1.54) is 11.6 Å². The molecule has 0 spiro atoms. The second-order valence-electron chi connectivity index (χ2n) is 15.4. The fraction of sp³-hybridized carbons (Fsp3) is 0.386. The predicted molar refractivity (Wildman–Crippen MR) is 199 cm³/mol. The Bertz CT molecular complexity index is 2100. The number of carbonyl (C=O) groups excluding carboxylic acids is 2. The van der Waals surface area contributed by atoms with Gasteiger partial charge in [0.15, 0.2) is 5.78 Å². The summed E-state index contributed by atoms with van der Waals surface area (Å²) in [5.41, 5.74) is 14.5. The van der Waals surface area contributed by atoms with Crippen molar-refractivity contribution in [3.8, 4) is 11.1 Å². The summed E-state index contributed by atoms with van der Waals surface area (Å²) in [4.78, 5) is 42.9. The third-order valence-electron chi connectivity index (χ3n) is 12.2. The third-order valence-corrected chi connectivity index (χ3v) is 12.2. The lowest BCUT2D eigenvalue weighted by Crippen LogP contribution is -2.31. The number of aromatic nitrogens is 2. The normalized spacial score (nSPS) is 24.7. The fourth-order valence-corrected chi connectivity index (χ4v) is 9.23. The predicted octanol–water partition coefficient (Wildman–Crippen LogP) is 8.40. The van der Waals surface area contributed by atoms with Gasteiger partial charge in [0, 0.05) is 76.9 Å². The Morgan fingerprint density at radius 1 is 1.02 bits per heavy atom. The molecule has 2 N–H and O–H groups in total. The minimum atomic E-state index is -0.582. The average molecular weight is 681 g/mol. The van der Waals surface area contributed by atoms with Crippen molar-refractivity contribution >= 4 is 22.9 Å². The van der Waals surface area contributed by atoms with E-state index in [9.17, 15) is 9.59 Å². The maximum Gasteiger partial charge on any atom is 0.163 e. The number of nitrogens with two attached hydrogens (primary N) is 1. The monoisotopic (exact) mass is 680 g/mol. The molecule has 1 aliphatic heterocycles. The van der Waals surface area contributed by atoms with Gasteiger partial charge in [0.2, 0.25) is 0 Å². The second kappa shape index (κ2) is 12.9. The zero-order chi connectivity index (χ0) is 35.5. The summed E-state index contributed by atoms with van der Waals surface area (Å²) in [6.07, 6.45) is 10.8. The summed E-state index contributed by atoms with van der Waals surface area (Å²) in [7, 11) is 0. The Balaban J connectivity index is 1.15. The lowest BCUT2D eigenvalue weighted by molar-refractivity contribution is -0.123. The van der Waals surface area contributed by atoms with E-state index >= 15 is 4.39 Å². The van der Waals surface area contributed by atoms with Gasteiger partial charge in [-0.2, -0.15) is 0 Å². The van der Waals surface area contributed by atoms with E-state index in [0.717, 1.165) is 77.9 Å². The molecular weight excluding hydrogens is 636 g/mol. The molecule has 0 radical (unpaired) electrons. The van der Waals surface area contributed by atoms with Gasteiger partial charge in [0.25, 0.3) is 0 Å². The van der Waals surface area contributed by atoms with Gasteiger partial charge in [-0.1, -0.05) is 48.6 Å². The quantitative estimate of drug-likeness (QED) is 0.192. The van der Waals surface area contributed by atoms with Crippen LogP contribution in [0.15, 0.2) is 84.6 Å². The summed E-state index contributed by atoms with van der Waals surface area (Å²) in [6.45, 7) is 8.21. The van der Waals surface area contributed by atoms with E-state index in [1.807, 2.05) is 62.5 Å². The van der Waals surface area contributed by atoms with E-state index in [0.29, 0.717) is 36.0 Å². The highest BCUT2D eigenvalue weighted by atomic mass is 19.1. The number of hydrogen-bond acceptors (Lipinski definition) is 6. The number of aliphatic imine (C=N–C) groups is 1. The van der Waals surface area contributed by atoms with Crippen molar-refractivity contribution < 1.29 is 14.0 Å². The van der Waals surface area contributed by atoms with Crippen molar-refractivity contribution in [3.63, 3.8) is 0 Å². The van der Waals surface area contributed by atoms with Gasteiger partial charge in [-0.05, 0) is 112 Å². The number of halogens is 1. The molecule has 3 aliphatic carbocycles. The zero-order valence-electron chi connectivity index (χ0n) is 29.6. The topological polar surface area (TPSA) is 98.3 Å². The highest BCUT2D eigenvalue weighted by Gasteiger charge is 2.68. The summed E-state index contributed by atoms with van der Waals surface area (Å²) < 4.78 is 15.1. The Morgan fingerprint density at radius 2 is 1.86 bits per heavy atom. The molecule has 7 heteroatoms. The van der Waals surface area contributed by atoms with Crippen LogP contribution in [0.25, 0.3) is 16.7 Å². The molecule has 8 rings (SSSR count). The molecule has 0 saturated heterocycles. The lowest BCUT2D eigenvalue weighted by Gasteiger charge is -2.33. The highest BCUT2D eigenvalue weighted by Crippen LogP contribution is 2.68. The van der Waals surface area contributed by atoms with Gasteiger partial charge >= 0.3 is 0 Å². The molecule has 4 aliphatic rings. The molecule has 2 aromatic carbocycles. The van der Waals surface area contributed by atoms with Crippen LogP contribution in [0.4, 0.5) is 4.39 Å². The third kappa shape index (κ3) is 5.80. The maximum absolute atomic E-state index is 15.1. The molecule has 2 fully saturated rings. The summed E-state index contributed by atoms with van der Waals surface area (Å²) in [6, 6.07) is 19.2. The maximum atomic E-state index is 15.1. The number of aryl methyl sites for hydroxylation is 1. The first-order valence-corrected chi connectivity index (χ1v) is 18.5. The van der Waals surface area contributed by atoms with Crippen LogP contribution >= 0.6 is 0 Å². The lowest BCUT2D eigenvalue weighted by atomic mass is 9.71. The van der Waals surface area contributed by atoms with Gasteiger partial charge in [-0.3, -0.25) is 24.5 Å². The highest BCUT2D eigenvalue weighted by molar-refractivity contribution is 6.12. The van der Waals surface area contributed by atoms with Gasteiger partial charge in [0.05, 0.1) is 11.1 Å². The Kier molecular flexibility index (Phi) is 8.45. The van der Waals surface area contributed by atoms with Crippen LogP contribution in [0.2, 0.25) is 0 Å². The van der Waals surface area contributed by atoms with Gasteiger partial charge in [-0.25, -0.2) is 4.39 Å². The van der Waals surface area contributed by atoms with Crippen LogP contribution < -0.4 is 5.73 Å². The number of allylic oxidation sites excluding steroid dienone is 1. The molecule has 4 atom stereocenters. The van der Waals surface area contributed by atoms with Crippen molar-refractivity contribution in [2.45, 2.75) is 89.0 Å². The van der Waals surface area contributed by atoms with Crippen molar-refractivity contribution in [1.29, 1.82) is 0 Å². The smallest absolute Gasteiger partial charge is 0.163 e. The molecule has 0 bridgehead atoms. The number of rotatable bonds is 9. The van der Waals surface area contributed by atoms with Crippen LogP contribution in [0.5, 0.6) is 0 Å².